The van der Waals surface area contributed by atoms with Crippen LogP contribution in [0, 0.1) is 11.3 Å². The molecule has 2 aliphatic rings. The van der Waals surface area contributed by atoms with Crippen LogP contribution in [0.5, 0.6) is 0 Å². The number of hydrogen-bond donors (Lipinski definition) is 3. The molecule has 0 spiro atoms. The predicted octanol–water partition coefficient (Wildman–Crippen LogP) is 0.744. The van der Waals surface area contributed by atoms with E-state index in [4.69, 9.17) is 0 Å². The molecule has 0 aromatic rings. The maximum Gasteiger partial charge on any atom is 0.311 e. The van der Waals surface area contributed by atoms with Crippen LogP contribution in [0.2, 0.25) is 0 Å². The van der Waals surface area contributed by atoms with Crippen LogP contribution >= 0.6 is 0 Å². The Morgan fingerprint density at radius 2 is 2.11 bits per heavy atom. The summed E-state index contributed by atoms with van der Waals surface area (Å²) < 4.78 is 0. The normalized spacial score (nSPS) is 39.8. The van der Waals surface area contributed by atoms with Crippen molar-refractivity contribution in [3.63, 3.8) is 0 Å². The van der Waals surface area contributed by atoms with E-state index in [2.05, 4.69) is 17.6 Å². The van der Waals surface area contributed by atoms with Crippen LogP contribution in [-0.4, -0.2) is 35.6 Å². The summed E-state index contributed by atoms with van der Waals surface area (Å²) in [5.41, 5.74) is -0.808. The molecule has 1 amide bonds. The van der Waals surface area contributed by atoms with Gasteiger partial charge in [0.2, 0.25) is 5.91 Å². The molecule has 1 heterocycles. The zero-order chi connectivity index (χ0) is 13.3. The van der Waals surface area contributed by atoms with Crippen LogP contribution < -0.4 is 10.6 Å². The second-order valence-corrected chi connectivity index (χ2v) is 5.87. The lowest BCUT2D eigenvalue weighted by Crippen LogP contribution is -2.52. The van der Waals surface area contributed by atoms with Gasteiger partial charge in [0.25, 0.3) is 0 Å². The van der Waals surface area contributed by atoms with Gasteiger partial charge in [0.15, 0.2) is 0 Å². The van der Waals surface area contributed by atoms with Crippen molar-refractivity contribution in [2.75, 3.05) is 6.54 Å². The zero-order valence-electron chi connectivity index (χ0n) is 11.0. The minimum absolute atomic E-state index is 0.0422. The van der Waals surface area contributed by atoms with E-state index in [0.717, 1.165) is 25.8 Å². The van der Waals surface area contributed by atoms with E-state index >= 15 is 0 Å². The zero-order valence-corrected chi connectivity index (χ0v) is 11.0. The molecule has 0 bridgehead atoms. The number of carboxylic acid groups (broad SMARTS) is 1. The van der Waals surface area contributed by atoms with Crippen molar-refractivity contribution >= 4 is 11.9 Å². The Morgan fingerprint density at radius 1 is 1.39 bits per heavy atom. The number of carboxylic acids is 1. The quantitative estimate of drug-likeness (QED) is 0.694. The van der Waals surface area contributed by atoms with Crippen molar-refractivity contribution in [1.82, 2.24) is 10.6 Å². The van der Waals surface area contributed by atoms with Crippen molar-refractivity contribution in [3.8, 4) is 0 Å². The average molecular weight is 254 g/mol. The molecular weight excluding hydrogens is 232 g/mol. The van der Waals surface area contributed by atoms with Crippen molar-refractivity contribution < 1.29 is 14.7 Å². The number of rotatable bonds is 3. The lowest BCUT2D eigenvalue weighted by atomic mass is 9.84. The highest BCUT2D eigenvalue weighted by Crippen LogP contribution is 2.38. The van der Waals surface area contributed by atoms with Crippen LogP contribution in [0.3, 0.4) is 0 Å². The molecule has 0 radical (unpaired) electrons. The van der Waals surface area contributed by atoms with Crippen LogP contribution in [0.1, 0.15) is 39.5 Å². The third-order valence-corrected chi connectivity index (χ3v) is 4.58. The first kappa shape index (κ1) is 13.3. The largest absolute Gasteiger partial charge is 0.481 e. The fourth-order valence-corrected chi connectivity index (χ4v) is 3.10. The van der Waals surface area contributed by atoms with Gasteiger partial charge in [-0.05, 0) is 38.6 Å². The summed E-state index contributed by atoms with van der Waals surface area (Å²) >= 11 is 0. The van der Waals surface area contributed by atoms with Crippen molar-refractivity contribution in [2.45, 2.75) is 51.6 Å². The maximum absolute atomic E-state index is 12.2. The molecule has 2 fully saturated rings. The molecular formula is C13H22N2O3. The first-order valence-corrected chi connectivity index (χ1v) is 6.72. The van der Waals surface area contributed by atoms with Gasteiger partial charge in [-0.25, -0.2) is 0 Å². The van der Waals surface area contributed by atoms with E-state index in [9.17, 15) is 14.7 Å². The van der Waals surface area contributed by atoms with Gasteiger partial charge in [-0.2, -0.15) is 0 Å². The van der Waals surface area contributed by atoms with Gasteiger partial charge in [-0.15, -0.1) is 0 Å². The van der Waals surface area contributed by atoms with Crippen molar-refractivity contribution in [2.24, 2.45) is 11.3 Å². The second kappa shape index (κ2) is 4.88. The number of nitrogens with one attached hydrogen (secondary N) is 2. The molecule has 1 saturated carbocycles. The Labute approximate surface area is 107 Å². The molecule has 0 aromatic heterocycles. The number of hydrogen-bond acceptors (Lipinski definition) is 3. The van der Waals surface area contributed by atoms with Gasteiger partial charge in [0, 0.05) is 6.04 Å². The Balaban J connectivity index is 2.00. The highest BCUT2D eigenvalue weighted by atomic mass is 16.4. The molecule has 1 aliphatic carbocycles. The fraction of sp³-hybridized carbons (Fsp3) is 0.846. The predicted molar refractivity (Wildman–Crippen MR) is 67.1 cm³/mol. The summed E-state index contributed by atoms with van der Waals surface area (Å²) in [4.78, 5) is 23.5. The molecule has 1 aliphatic heterocycles. The van der Waals surface area contributed by atoms with Crippen LogP contribution in [0.4, 0.5) is 0 Å². The number of carbonyl (C=O) groups excluding carboxylic acids is 1. The Bertz CT molecular complexity index is 358. The molecule has 4 unspecified atom stereocenters. The molecule has 18 heavy (non-hydrogen) atoms. The van der Waals surface area contributed by atoms with Crippen LogP contribution in [-0.2, 0) is 9.59 Å². The summed E-state index contributed by atoms with van der Waals surface area (Å²) in [6.07, 6.45) is 3.26. The molecule has 1 saturated heterocycles. The maximum atomic E-state index is 12.2. The van der Waals surface area contributed by atoms with E-state index in [0.29, 0.717) is 12.3 Å². The topological polar surface area (TPSA) is 78.4 Å². The first-order valence-electron chi connectivity index (χ1n) is 6.72. The van der Waals surface area contributed by atoms with E-state index in [-0.39, 0.29) is 18.0 Å². The van der Waals surface area contributed by atoms with E-state index < -0.39 is 11.4 Å². The minimum Gasteiger partial charge on any atom is -0.481 e. The smallest absolute Gasteiger partial charge is 0.311 e. The number of carbonyl (C=O) groups is 2. The lowest BCUT2D eigenvalue weighted by Gasteiger charge is -2.29. The fourth-order valence-electron chi connectivity index (χ4n) is 3.10. The Hall–Kier alpha value is -1.10. The third-order valence-electron chi connectivity index (χ3n) is 4.58. The summed E-state index contributed by atoms with van der Waals surface area (Å²) in [5.74, 6) is -0.528. The van der Waals surface area contributed by atoms with Gasteiger partial charge in [0.1, 0.15) is 0 Å². The van der Waals surface area contributed by atoms with Gasteiger partial charge in [-0.1, -0.05) is 13.3 Å². The third kappa shape index (κ3) is 2.23. The number of aliphatic carboxylic acids is 1. The molecule has 3 N–H and O–H groups in total. The van der Waals surface area contributed by atoms with Crippen LogP contribution in [0.15, 0.2) is 0 Å². The van der Waals surface area contributed by atoms with E-state index in [1.54, 1.807) is 6.92 Å². The van der Waals surface area contributed by atoms with Crippen molar-refractivity contribution in [3.05, 3.63) is 0 Å². The lowest BCUT2D eigenvalue weighted by molar-refractivity contribution is -0.149. The molecule has 102 valence electrons. The summed E-state index contributed by atoms with van der Waals surface area (Å²) in [6, 6.07) is -0.402. The standard InChI is InChI=1S/C13H22N2O3/c1-8-5-7-14-10(8)11(16)15-9-4-3-6-13(9,2)12(17)18/h8-10,14H,3-7H2,1-2H3,(H,15,16)(H,17,18). The Kier molecular flexibility index (Phi) is 3.61. The minimum atomic E-state index is -0.808. The highest BCUT2D eigenvalue weighted by molar-refractivity contribution is 5.84. The van der Waals surface area contributed by atoms with Crippen molar-refractivity contribution in [1.29, 1.82) is 0 Å². The van der Waals surface area contributed by atoms with Gasteiger partial charge < -0.3 is 15.7 Å². The van der Waals surface area contributed by atoms with Crippen LogP contribution in [0.25, 0.3) is 0 Å². The summed E-state index contributed by atoms with van der Waals surface area (Å²) in [6.45, 7) is 4.65. The molecule has 5 nitrogen and oxygen atoms in total. The number of amides is 1. The summed E-state index contributed by atoms with van der Waals surface area (Å²) in [7, 11) is 0. The first-order chi connectivity index (χ1) is 8.45. The second-order valence-electron chi connectivity index (χ2n) is 5.87. The van der Waals surface area contributed by atoms with E-state index in [1.807, 2.05) is 0 Å². The molecule has 0 aromatic carbocycles. The molecule has 4 atom stereocenters. The highest BCUT2D eigenvalue weighted by Gasteiger charge is 2.46. The monoisotopic (exact) mass is 254 g/mol. The summed E-state index contributed by atoms with van der Waals surface area (Å²) in [5, 5.41) is 15.4. The van der Waals surface area contributed by atoms with Gasteiger partial charge in [0.05, 0.1) is 11.5 Å². The SMILES string of the molecule is CC1CCNC1C(=O)NC1CCCC1(C)C(=O)O. The molecule has 2 rings (SSSR count). The van der Waals surface area contributed by atoms with Gasteiger partial charge >= 0.3 is 5.97 Å². The molecule has 5 heteroatoms. The van der Waals surface area contributed by atoms with E-state index in [1.165, 1.54) is 0 Å². The van der Waals surface area contributed by atoms with Gasteiger partial charge in [-0.3, -0.25) is 9.59 Å². The average Bonchev–Trinajstić information content (AvgIpc) is 2.87. The Morgan fingerprint density at radius 3 is 2.67 bits per heavy atom.